The molecule has 1 N–H and O–H groups in total. The van der Waals surface area contributed by atoms with Gasteiger partial charge < -0.3 is 5.32 Å². The maximum absolute atomic E-state index is 11.9. The normalized spacial score (nSPS) is 11.2. The fourth-order valence-corrected chi connectivity index (χ4v) is 2.14. The Bertz CT molecular complexity index is 656. The lowest BCUT2D eigenvalue weighted by Crippen LogP contribution is -2.40. The number of rotatable bonds is 5. The van der Waals surface area contributed by atoms with Crippen LogP contribution in [-0.4, -0.2) is 15.7 Å². The van der Waals surface area contributed by atoms with Gasteiger partial charge in [0.05, 0.1) is 0 Å². The minimum absolute atomic E-state index is 0.0181. The molecule has 0 aliphatic heterocycles. The highest BCUT2D eigenvalue weighted by atomic mass is 16.2. The van der Waals surface area contributed by atoms with Crippen LogP contribution in [0.2, 0.25) is 0 Å². The molecular formula is C15H24N4O2. The first-order valence-corrected chi connectivity index (χ1v) is 7.13. The lowest BCUT2D eigenvalue weighted by Gasteiger charge is -2.18. The molecule has 1 aromatic rings. The third kappa shape index (κ3) is 4.22. The van der Waals surface area contributed by atoms with Crippen molar-refractivity contribution in [3.63, 3.8) is 0 Å². The van der Waals surface area contributed by atoms with Crippen molar-refractivity contribution in [1.82, 2.24) is 9.13 Å². The van der Waals surface area contributed by atoms with Crippen LogP contribution in [0.4, 0.5) is 5.82 Å². The van der Waals surface area contributed by atoms with Gasteiger partial charge in [0.25, 0.3) is 5.56 Å². The summed E-state index contributed by atoms with van der Waals surface area (Å²) in [5.74, 6) is 0.307. The summed E-state index contributed by atoms with van der Waals surface area (Å²) in [5.41, 5.74) is -0.711. The van der Waals surface area contributed by atoms with E-state index in [0.717, 1.165) is 23.8 Å². The molecule has 0 bridgehead atoms. The molecule has 6 heteroatoms. The quantitative estimate of drug-likeness (QED) is 0.836. The number of hydrogen-bond acceptors (Lipinski definition) is 4. The van der Waals surface area contributed by atoms with Gasteiger partial charge in [0.15, 0.2) is 5.56 Å². The highest BCUT2D eigenvalue weighted by Gasteiger charge is 2.15. The van der Waals surface area contributed by atoms with Crippen molar-refractivity contribution >= 4 is 5.82 Å². The molecule has 0 saturated heterocycles. The van der Waals surface area contributed by atoms with Gasteiger partial charge in [-0.05, 0) is 18.3 Å². The summed E-state index contributed by atoms with van der Waals surface area (Å²) in [4.78, 5) is 23.8. The first-order chi connectivity index (χ1) is 9.69. The first-order valence-electron chi connectivity index (χ1n) is 7.13. The Morgan fingerprint density at radius 2 is 1.76 bits per heavy atom. The molecule has 1 aromatic heterocycles. The van der Waals surface area contributed by atoms with Gasteiger partial charge >= 0.3 is 5.69 Å². The highest BCUT2D eigenvalue weighted by molar-refractivity contribution is 5.51. The summed E-state index contributed by atoms with van der Waals surface area (Å²) in [6, 6.07) is 1.88. The second kappa shape index (κ2) is 6.61. The lowest BCUT2D eigenvalue weighted by molar-refractivity contribution is 0.362. The van der Waals surface area contributed by atoms with E-state index >= 15 is 0 Å². The van der Waals surface area contributed by atoms with Gasteiger partial charge in [0, 0.05) is 20.6 Å². The molecule has 116 valence electrons. The van der Waals surface area contributed by atoms with Gasteiger partial charge in [-0.1, -0.05) is 27.2 Å². The van der Waals surface area contributed by atoms with E-state index in [1.165, 1.54) is 11.6 Å². The zero-order chi connectivity index (χ0) is 16.2. The van der Waals surface area contributed by atoms with Crippen LogP contribution in [0.5, 0.6) is 0 Å². The molecule has 0 aromatic carbocycles. The minimum Gasteiger partial charge on any atom is -0.370 e. The number of unbranched alkanes of at least 4 members (excludes halogenated alkanes) is 1. The number of anilines is 1. The predicted molar refractivity (Wildman–Crippen MR) is 83.4 cm³/mol. The zero-order valence-electron chi connectivity index (χ0n) is 13.5. The Morgan fingerprint density at radius 1 is 1.14 bits per heavy atom. The fraction of sp³-hybridized carbons (Fsp3) is 0.667. The minimum atomic E-state index is -0.558. The van der Waals surface area contributed by atoms with Crippen LogP contribution in [0.1, 0.15) is 45.6 Å². The number of nitrogens with zero attached hydrogens (tertiary/aromatic N) is 3. The van der Waals surface area contributed by atoms with Crippen molar-refractivity contribution in [2.45, 2.75) is 40.0 Å². The maximum Gasteiger partial charge on any atom is 0.332 e. The van der Waals surface area contributed by atoms with Gasteiger partial charge in [-0.15, -0.1) is 0 Å². The van der Waals surface area contributed by atoms with Crippen molar-refractivity contribution < 1.29 is 0 Å². The van der Waals surface area contributed by atoms with E-state index in [0.29, 0.717) is 17.8 Å². The Balaban J connectivity index is 2.84. The third-order valence-electron chi connectivity index (χ3n) is 3.42. The van der Waals surface area contributed by atoms with Crippen molar-refractivity contribution in [2.24, 2.45) is 19.5 Å². The van der Waals surface area contributed by atoms with Crippen molar-refractivity contribution in [3.05, 3.63) is 26.4 Å². The summed E-state index contributed by atoms with van der Waals surface area (Å²) < 4.78 is 2.26. The van der Waals surface area contributed by atoms with E-state index in [1.54, 1.807) is 7.05 Å². The number of nitriles is 1. The molecule has 0 saturated carbocycles. The Hall–Kier alpha value is -2.03. The van der Waals surface area contributed by atoms with Gasteiger partial charge in [0.1, 0.15) is 11.9 Å². The zero-order valence-corrected chi connectivity index (χ0v) is 13.5. The standard InChI is InChI=1S/C15H24N4O2/c1-15(2,3)8-6-7-9-17-12-11(10-16)13(20)19(5)14(21)18(12)4/h17H,6-9H2,1-5H3. The number of aromatic nitrogens is 2. The van der Waals surface area contributed by atoms with Gasteiger partial charge in [-0.2, -0.15) is 5.26 Å². The molecule has 1 rings (SSSR count). The van der Waals surface area contributed by atoms with Crippen LogP contribution < -0.4 is 16.6 Å². The average Bonchev–Trinajstić information content (AvgIpc) is 2.40. The fourth-order valence-electron chi connectivity index (χ4n) is 2.14. The summed E-state index contributed by atoms with van der Waals surface area (Å²) in [7, 11) is 2.93. The van der Waals surface area contributed by atoms with Crippen LogP contribution in [-0.2, 0) is 14.1 Å². The van der Waals surface area contributed by atoms with E-state index in [-0.39, 0.29) is 5.56 Å². The van der Waals surface area contributed by atoms with E-state index in [9.17, 15) is 9.59 Å². The Labute approximate surface area is 125 Å². The van der Waals surface area contributed by atoms with Crippen molar-refractivity contribution in [2.75, 3.05) is 11.9 Å². The molecular weight excluding hydrogens is 268 g/mol. The molecule has 0 amide bonds. The maximum atomic E-state index is 11.9. The van der Waals surface area contributed by atoms with E-state index in [1.807, 2.05) is 6.07 Å². The second-order valence-corrected chi connectivity index (χ2v) is 6.49. The molecule has 0 radical (unpaired) electrons. The topological polar surface area (TPSA) is 79.8 Å². The number of nitrogens with one attached hydrogen (secondary N) is 1. The van der Waals surface area contributed by atoms with Crippen LogP contribution in [0.3, 0.4) is 0 Å². The molecule has 0 fully saturated rings. The Kier molecular flexibility index (Phi) is 5.36. The number of hydrogen-bond donors (Lipinski definition) is 1. The van der Waals surface area contributed by atoms with Crippen molar-refractivity contribution in [1.29, 1.82) is 5.26 Å². The molecule has 0 spiro atoms. The summed E-state index contributed by atoms with van der Waals surface area (Å²) >= 11 is 0. The Morgan fingerprint density at radius 3 is 2.29 bits per heavy atom. The van der Waals surface area contributed by atoms with Crippen LogP contribution in [0, 0.1) is 16.7 Å². The van der Waals surface area contributed by atoms with E-state index in [2.05, 4.69) is 26.1 Å². The SMILES string of the molecule is Cn1c(NCCCCC(C)(C)C)c(C#N)c(=O)n(C)c1=O. The molecule has 1 heterocycles. The predicted octanol–water partition coefficient (Wildman–Crippen LogP) is 1.58. The summed E-state index contributed by atoms with van der Waals surface area (Å²) in [6.07, 6.45) is 3.08. The van der Waals surface area contributed by atoms with E-state index < -0.39 is 11.2 Å². The van der Waals surface area contributed by atoms with Crippen LogP contribution in [0.25, 0.3) is 0 Å². The summed E-state index contributed by atoms with van der Waals surface area (Å²) in [5, 5.41) is 12.2. The summed E-state index contributed by atoms with van der Waals surface area (Å²) in [6.45, 7) is 7.21. The monoisotopic (exact) mass is 292 g/mol. The smallest absolute Gasteiger partial charge is 0.332 e. The molecule has 0 aliphatic rings. The molecule has 6 nitrogen and oxygen atoms in total. The second-order valence-electron chi connectivity index (χ2n) is 6.49. The first kappa shape index (κ1) is 17.0. The van der Waals surface area contributed by atoms with Crippen LogP contribution in [0.15, 0.2) is 9.59 Å². The molecule has 0 atom stereocenters. The van der Waals surface area contributed by atoms with Gasteiger partial charge in [-0.25, -0.2) is 4.79 Å². The molecule has 0 aliphatic carbocycles. The molecule has 0 unspecified atom stereocenters. The van der Waals surface area contributed by atoms with Gasteiger partial charge in [0.2, 0.25) is 0 Å². The van der Waals surface area contributed by atoms with Crippen molar-refractivity contribution in [3.8, 4) is 6.07 Å². The third-order valence-corrected chi connectivity index (χ3v) is 3.42. The van der Waals surface area contributed by atoms with Crippen LogP contribution >= 0.6 is 0 Å². The lowest BCUT2D eigenvalue weighted by atomic mass is 9.90. The van der Waals surface area contributed by atoms with E-state index in [4.69, 9.17) is 5.26 Å². The average molecular weight is 292 g/mol. The largest absolute Gasteiger partial charge is 0.370 e. The highest BCUT2D eigenvalue weighted by Crippen LogP contribution is 2.21. The molecule has 21 heavy (non-hydrogen) atoms. The van der Waals surface area contributed by atoms with Gasteiger partial charge in [-0.3, -0.25) is 13.9 Å².